The Labute approximate surface area is 398 Å². The first-order valence-corrected chi connectivity index (χ1v) is 26.4. The molecule has 0 aliphatic rings. The molecule has 2 unspecified atom stereocenters. The molecule has 0 saturated carbocycles. The maximum absolute atomic E-state index is 12.8. The summed E-state index contributed by atoms with van der Waals surface area (Å²) in [5, 5.41) is 8.94. The van der Waals surface area contributed by atoms with Crippen LogP contribution in [-0.2, 0) is 33.5 Å². The first-order valence-electron chi connectivity index (χ1n) is 26.4. The lowest BCUT2D eigenvalue weighted by molar-refractivity contribution is -0.281. The number of unbranched alkanes of at least 4 members (excludes halogenated alkanes) is 21. The van der Waals surface area contributed by atoms with Gasteiger partial charge in [0.2, 0.25) is 0 Å². The van der Waals surface area contributed by atoms with E-state index < -0.39 is 12.1 Å². The minimum absolute atomic E-state index is 0.0318. The van der Waals surface area contributed by atoms with Gasteiger partial charge in [-0.3, -0.25) is 14.8 Å². The average Bonchev–Trinajstić information content (AvgIpc) is 3.30. The van der Waals surface area contributed by atoms with E-state index >= 15 is 0 Å². The van der Waals surface area contributed by atoms with Gasteiger partial charge in [0.1, 0.15) is 13.2 Å². The van der Waals surface area contributed by atoms with Gasteiger partial charge in [0.25, 0.3) is 0 Å². The van der Waals surface area contributed by atoms with Crippen LogP contribution in [0.3, 0.4) is 0 Å². The number of allylic oxidation sites excluding steroid dienone is 13. The molecule has 65 heavy (non-hydrogen) atoms. The van der Waals surface area contributed by atoms with Crippen LogP contribution in [0.15, 0.2) is 85.1 Å². The zero-order valence-corrected chi connectivity index (χ0v) is 41.8. The van der Waals surface area contributed by atoms with Crippen LogP contribution in [0.1, 0.15) is 233 Å². The lowest BCUT2D eigenvalue weighted by atomic mass is 10.0. The summed E-state index contributed by atoms with van der Waals surface area (Å²) in [7, 11) is 0. The van der Waals surface area contributed by atoms with Crippen molar-refractivity contribution in [2.24, 2.45) is 0 Å². The van der Waals surface area contributed by atoms with Crippen molar-refractivity contribution in [2.75, 3.05) is 13.2 Å². The van der Waals surface area contributed by atoms with Gasteiger partial charge in [-0.1, -0.05) is 196 Å². The third kappa shape index (κ3) is 48.3. The van der Waals surface area contributed by atoms with E-state index in [2.05, 4.69) is 80.3 Å². The molecule has 0 spiro atoms. The lowest BCUT2D eigenvalue weighted by Gasteiger charge is -2.18. The molecule has 0 amide bonds. The molecule has 0 rings (SSSR count). The minimum Gasteiger partial charge on any atom is -0.462 e. The Hall–Kier alpha value is -3.49. The van der Waals surface area contributed by atoms with E-state index in [-0.39, 0.29) is 37.7 Å². The van der Waals surface area contributed by atoms with E-state index in [1.807, 2.05) is 12.2 Å². The molecule has 0 aliphatic heterocycles. The Kier molecular flexibility index (Phi) is 48.7. The van der Waals surface area contributed by atoms with Gasteiger partial charge in [-0.25, -0.2) is 9.68 Å². The molecule has 0 aliphatic carbocycles. The van der Waals surface area contributed by atoms with Crippen molar-refractivity contribution in [1.29, 1.82) is 0 Å². The van der Waals surface area contributed by atoms with Gasteiger partial charge in [0.15, 0.2) is 6.10 Å². The van der Waals surface area contributed by atoms with Crippen LogP contribution < -0.4 is 0 Å². The van der Waals surface area contributed by atoms with Crippen molar-refractivity contribution in [3.8, 4) is 0 Å². The largest absolute Gasteiger partial charge is 0.462 e. The standard InChI is InChI=1S/C57H96O8/c1-4-7-9-11-13-15-17-19-21-23-27-31-35-39-43-48-55(58)62-51-54(64-57(60)50-45-41-37-33-28-24-22-20-18-16-14-12-10-8-5-2)52-63-56(59)49-44-40-36-32-29-25-26-30-34-38-42-47-53(65-61)46-6-3/h13-16,19-22,29,32,36,40,44,49,53-54,61H,4-12,17-18,23-28,30-31,33-35,37-39,41-43,45-48,50-52H2,1-3H3/b15-13-,16-14-,21-19-,22-20-,32-29?,40-36?,49-44?. The highest BCUT2D eigenvalue weighted by atomic mass is 17.1. The van der Waals surface area contributed by atoms with Crippen LogP contribution in [0.4, 0.5) is 0 Å². The highest BCUT2D eigenvalue weighted by molar-refractivity contribution is 5.82. The van der Waals surface area contributed by atoms with E-state index in [4.69, 9.17) is 19.5 Å². The fourth-order valence-electron chi connectivity index (χ4n) is 7.18. The lowest BCUT2D eigenvalue weighted by Crippen LogP contribution is -2.30. The molecule has 0 aromatic rings. The number of hydrogen-bond acceptors (Lipinski definition) is 8. The molecule has 0 aromatic carbocycles. The molecule has 0 aromatic heterocycles. The molecule has 8 nitrogen and oxygen atoms in total. The number of rotatable bonds is 47. The van der Waals surface area contributed by atoms with Crippen LogP contribution in [0.2, 0.25) is 0 Å². The van der Waals surface area contributed by atoms with E-state index in [0.29, 0.717) is 6.42 Å². The van der Waals surface area contributed by atoms with Crippen LogP contribution in [0, 0.1) is 0 Å². The van der Waals surface area contributed by atoms with Crippen molar-refractivity contribution in [3.05, 3.63) is 85.1 Å². The van der Waals surface area contributed by atoms with Gasteiger partial charge in [0, 0.05) is 18.9 Å². The summed E-state index contributed by atoms with van der Waals surface area (Å²) in [6.45, 7) is 6.22. The van der Waals surface area contributed by atoms with Gasteiger partial charge >= 0.3 is 17.9 Å². The molecule has 0 heterocycles. The van der Waals surface area contributed by atoms with Crippen molar-refractivity contribution in [2.45, 2.75) is 245 Å². The summed E-state index contributed by atoms with van der Waals surface area (Å²) in [6.07, 6.45) is 62.3. The fraction of sp³-hybridized carbons (Fsp3) is 0.702. The molecule has 0 bridgehead atoms. The van der Waals surface area contributed by atoms with Gasteiger partial charge in [-0.05, 0) is 103 Å². The van der Waals surface area contributed by atoms with Crippen LogP contribution >= 0.6 is 0 Å². The van der Waals surface area contributed by atoms with Crippen LogP contribution in [-0.4, -0.2) is 48.6 Å². The SMILES string of the molecule is CCCCC/C=C\C/C=C\CCCCCCCC(=O)OCC(COC(=O)C=CC=CC=CCCCCCCCC(CCC)OO)OC(=O)CCCCCCC/C=C\C/C=C\CCCCC. The second-order valence-corrected chi connectivity index (χ2v) is 17.4. The second-order valence-electron chi connectivity index (χ2n) is 17.4. The number of carbonyl (C=O) groups is 3. The molecule has 0 radical (unpaired) electrons. The number of esters is 3. The summed E-state index contributed by atoms with van der Waals surface area (Å²) in [6, 6.07) is 0. The van der Waals surface area contributed by atoms with E-state index in [1.165, 1.54) is 70.3 Å². The molecule has 8 heteroatoms. The van der Waals surface area contributed by atoms with Crippen LogP contribution in [0.5, 0.6) is 0 Å². The Morgan fingerprint density at radius 1 is 0.415 bits per heavy atom. The first kappa shape index (κ1) is 61.5. The van der Waals surface area contributed by atoms with E-state index in [1.54, 1.807) is 12.2 Å². The fourth-order valence-corrected chi connectivity index (χ4v) is 7.18. The molecular weight excluding hydrogens is 813 g/mol. The highest BCUT2D eigenvalue weighted by Gasteiger charge is 2.19. The smallest absolute Gasteiger partial charge is 0.330 e. The van der Waals surface area contributed by atoms with Crippen LogP contribution in [0.25, 0.3) is 0 Å². The molecule has 1 N–H and O–H groups in total. The topological polar surface area (TPSA) is 108 Å². The molecular formula is C57H96O8. The maximum atomic E-state index is 12.8. The van der Waals surface area contributed by atoms with Gasteiger partial charge in [-0.15, -0.1) is 0 Å². The third-order valence-corrected chi connectivity index (χ3v) is 11.2. The maximum Gasteiger partial charge on any atom is 0.330 e. The predicted octanol–water partition coefficient (Wildman–Crippen LogP) is 16.7. The third-order valence-electron chi connectivity index (χ3n) is 11.2. The Bertz CT molecular complexity index is 1290. The average molecular weight is 909 g/mol. The van der Waals surface area contributed by atoms with Crippen molar-refractivity contribution in [1.82, 2.24) is 0 Å². The first-order chi connectivity index (χ1) is 32.0. The van der Waals surface area contributed by atoms with E-state index in [0.717, 1.165) is 135 Å². The summed E-state index contributed by atoms with van der Waals surface area (Å²) >= 11 is 0. The minimum atomic E-state index is -0.864. The zero-order chi connectivity index (χ0) is 47.4. The van der Waals surface area contributed by atoms with Gasteiger partial charge in [0.05, 0.1) is 6.10 Å². The highest BCUT2D eigenvalue weighted by Crippen LogP contribution is 2.15. The van der Waals surface area contributed by atoms with Crippen molar-refractivity contribution < 1.29 is 38.7 Å². The monoisotopic (exact) mass is 909 g/mol. The Morgan fingerprint density at radius 2 is 0.862 bits per heavy atom. The zero-order valence-electron chi connectivity index (χ0n) is 41.8. The molecule has 0 saturated heterocycles. The Morgan fingerprint density at radius 3 is 1.38 bits per heavy atom. The normalized spacial score (nSPS) is 13.2. The molecule has 372 valence electrons. The Balaban J connectivity index is 4.60. The number of ether oxygens (including phenoxy) is 3. The van der Waals surface area contributed by atoms with Crippen molar-refractivity contribution >= 4 is 17.9 Å². The second kappa shape index (κ2) is 51.5. The summed E-state index contributed by atoms with van der Waals surface area (Å²) < 4.78 is 16.6. The summed E-state index contributed by atoms with van der Waals surface area (Å²) in [4.78, 5) is 42.4. The number of hydrogen-bond donors (Lipinski definition) is 1. The van der Waals surface area contributed by atoms with Gasteiger partial charge < -0.3 is 14.2 Å². The summed E-state index contributed by atoms with van der Waals surface area (Å²) in [5.74, 6) is -1.27. The van der Waals surface area contributed by atoms with Crippen molar-refractivity contribution in [3.63, 3.8) is 0 Å². The quantitative estimate of drug-likeness (QED) is 0.00940. The predicted molar refractivity (Wildman–Crippen MR) is 273 cm³/mol. The number of carbonyl (C=O) groups excluding carboxylic acids is 3. The summed E-state index contributed by atoms with van der Waals surface area (Å²) in [5.41, 5.74) is 0. The van der Waals surface area contributed by atoms with Gasteiger partial charge in [-0.2, -0.15) is 0 Å². The molecule has 2 atom stereocenters. The molecule has 0 fully saturated rings. The van der Waals surface area contributed by atoms with E-state index in [9.17, 15) is 14.4 Å².